The third kappa shape index (κ3) is 10.1. The van der Waals surface area contributed by atoms with Gasteiger partial charge in [-0.1, -0.05) is 92.2 Å². The molecule has 0 radical (unpaired) electrons. The second kappa shape index (κ2) is 15.9. The van der Waals surface area contributed by atoms with Crippen LogP contribution >= 0.6 is 0 Å². The van der Waals surface area contributed by atoms with Gasteiger partial charge in [0.25, 0.3) is 0 Å². The van der Waals surface area contributed by atoms with Crippen molar-refractivity contribution in [3.63, 3.8) is 0 Å². The first-order valence-electron chi connectivity index (χ1n) is 15.0. The SMILES string of the molecule is C=CC(=O)OCCCCCCOc1ccc(C[Si](C)(C)C2=CC=C(C3CCC(CCC)CC3)CC=C2)cc1. The van der Waals surface area contributed by atoms with E-state index in [9.17, 15) is 4.79 Å². The first-order valence-corrected chi connectivity index (χ1v) is 18.2. The summed E-state index contributed by atoms with van der Waals surface area (Å²) in [4.78, 5) is 11.0. The Labute approximate surface area is 233 Å². The number of benzene rings is 1. The number of hydrogen-bond acceptors (Lipinski definition) is 3. The highest BCUT2D eigenvalue weighted by atomic mass is 28.3. The van der Waals surface area contributed by atoms with Gasteiger partial charge in [-0.05, 0) is 87.8 Å². The summed E-state index contributed by atoms with van der Waals surface area (Å²) in [6.07, 6.45) is 24.5. The van der Waals surface area contributed by atoms with Crippen LogP contribution in [0, 0.1) is 11.8 Å². The number of esters is 1. The van der Waals surface area contributed by atoms with Crippen molar-refractivity contribution < 1.29 is 14.3 Å². The largest absolute Gasteiger partial charge is 0.494 e. The molecule has 0 heterocycles. The summed E-state index contributed by atoms with van der Waals surface area (Å²) in [7, 11) is -1.60. The Bertz CT molecular complexity index is 962. The van der Waals surface area contributed by atoms with Gasteiger partial charge < -0.3 is 9.47 Å². The zero-order valence-corrected chi connectivity index (χ0v) is 25.2. The third-order valence-electron chi connectivity index (χ3n) is 8.27. The van der Waals surface area contributed by atoms with Crippen LogP contribution in [0.25, 0.3) is 0 Å². The van der Waals surface area contributed by atoms with Gasteiger partial charge in [0, 0.05) is 6.08 Å². The van der Waals surface area contributed by atoms with Crippen molar-refractivity contribution in [2.45, 2.75) is 96.7 Å². The fourth-order valence-corrected chi connectivity index (χ4v) is 8.49. The predicted octanol–water partition coefficient (Wildman–Crippen LogP) is 9.10. The number of rotatable bonds is 15. The van der Waals surface area contributed by atoms with Crippen molar-refractivity contribution in [3.05, 3.63) is 77.6 Å². The second-order valence-corrected chi connectivity index (χ2v) is 16.5. The third-order valence-corrected chi connectivity index (χ3v) is 11.5. The quantitative estimate of drug-likeness (QED) is 0.0974. The summed E-state index contributed by atoms with van der Waals surface area (Å²) >= 11 is 0. The summed E-state index contributed by atoms with van der Waals surface area (Å²) in [6.45, 7) is 11.9. The van der Waals surface area contributed by atoms with Gasteiger partial charge in [0.1, 0.15) is 5.75 Å². The molecule has 208 valence electrons. The first kappa shape index (κ1) is 30.2. The van der Waals surface area contributed by atoms with Gasteiger partial charge in [-0.3, -0.25) is 0 Å². The zero-order valence-electron chi connectivity index (χ0n) is 24.2. The molecule has 0 N–H and O–H groups in total. The van der Waals surface area contributed by atoms with Gasteiger partial charge in [0.15, 0.2) is 0 Å². The Balaban J connectivity index is 1.42. The summed E-state index contributed by atoms with van der Waals surface area (Å²) < 4.78 is 11.0. The second-order valence-electron chi connectivity index (χ2n) is 11.8. The summed E-state index contributed by atoms with van der Waals surface area (Å²) in [6, 6.07) is 9.88. The number of allylic oxidation sites excluding steroid dienone is 6. The van der Waals surface area contributed by atoms with E-state index >= 15 is 0 Å². The molecule has 0 aliphatic heterocycles. The van der Waals surface area contributed by atoms with E-state index in [1.807, 2.05) is 0 Å². The molecule has 0 saturated heterocycles. The Kier molecular flexibility index (Phi) is 12.7. The zero-order chi connectivity index (χ0) is 27.2. The molecule has 2 aliphatic rings. The molecule has 1 aromatic carbocycles. The molecular formula is C34H50O3Si. The van der Waals surface area contributed by atoms with E-state index < -0.39 is 8.07 Å². The molecule has 0 bridgehead atoms. The van der Waals surface area contributed by atoms with Crippen molar-refractivity contribution in [2.75, 3.05) is 13.2 Å². The van der Waals surface area contributed by atoms with Gasteiger partial charge >= 0.3 is 5.97 Å². The highest BCUT2D eigenvalue weighted by molar-refractivity contribution is 6.84. The van der Waals surface area contributed by atoms with Crippen LogP contribution in [0.4, 0.5) is 0 Å². The molecule has 2 aliphatic carbocycles. The number of hydrogen-bond donors (Lipinski definition) is 0. The van der Waals surface area contributed by atoms with Gasteiger partial charge in [-0.2, -0.15) is 0 Å². The number of ether oxygens (including phenoxy) is 2. The van der Waals surface area contributed by atoms with Crippen LogP contribution in [0.5, 0.6) is 5.75 Å². The molecule has 38 heavy (non-hydrogen) atoms. The molecule has 0 aromatic heterocycles. The summed E-state index contributed by atoms with van der Waals surface area (Å²) in [5.74, 6) is 2.37. The minimum atomic E-state index is -1.60. The Morgan fingerprint density at radius 2 is 1.71 bits per heavy atom. The molecule has 1 aromatic rings. The van der Waals surface area contributed by atoms with Crippen LogP contribution in [0.3, 0.4) is 0 Å². The van der Waals surface area contributed by atoms with Crippen molar-refractivity contribution in [1.29, 1.82) is 0 Å². The lowest BCUT2D eigenvalue weighted by atomic mass is 9.76. The number of carbonyl (C=O) groups excluding carboxylic acids is 1. The molecule has 0 atom stereocenters. The predicted molar refractivity (Wildman–Crippen MR) is 163 cm³/mol. The Hall–Kier alpha value is -2.33. The maximum atomic E-state index is 11.0. The van der Waals surface area contributed by atoms with E-state index in [4.69, 9.17) is 9.47 Å². The van der Waals surface area contributed by atoms with Crippen LogP contribution in [0.1, 0.15) is 83.1 Å². The van der Waals surface area contributed by atoms with Gasteiger partial charge in [-0.15, -0.1) is 0 Å². The van der Waals surface area contributed by atoms with Gasteiger partial charge in [-0.25, -0.2) is 4.79 Å². The van der Waals surface area contributed by atoms with Crippen molar-refractivity contribution in [1.82, 2.24) is 0 Å². The van der Waals surface area contributed by atoms with E-state index in [0.717, 1.165) is 62.3 Å². The van der Waals surface area contributed by atoms with E-state index in [1.54, 1.807) is 10.8 Å². The molecule has 1 fully saturated rings. The van der Waals surface area contributed by atoms with Crippen molar-refractivity contribution in [3.8, 4) is 5.75 Å². The molecule has 3 rings (SSSR count). The van der Waals surface area contributed by atoms with Gasteiger partial charge in [0.05, 0.1) is 21.3 Å². The lowest BCUT2D eigenvalue weighted by molar-refractivity contribution is -0.137. The Morgan fingerprint density at radius 3 is 2.39 bits per heavy atom. The number of unbranched alkanes of at least 4 members (excludes halogenated alkanes) is 3. The van der Waals surface area contributed by atoms with Gasteiger partial charge in [0.2, 0.25) is 0 Å². The van der Waals surface area contributed by atoms with Crippen molar-refractivity contribution >= 4 is 14.0 Å². The summed E-state index contributed by atoms with van der Waals surface area (Å²) in [5.41, 5.74) is 3.06. The van der Waals surface area contributed by atoms with E-state index in [0.29, 0.717) is 6.61 Å². The van der Waals surface area contributed by atoms with E-state index in [1.165, 1.54) is 50.2 Å². The van der Waals surface area contributed by atoms with E-state index in [-0.39, 0.29) is 5.97 Å². The summed E-state index contributed by atoms with van der Waals surface area (Å²) in [5, 5.41) is 1.56. The standard InChI is InChI=1S/C34H50O3Si/c1-5-12-28-15-19-31(20-16-28)30-13-11-14-33(24-21-30)38(3,4)27-29-17-22-32(23-18-29)36-25-9-7-8-10-26-37-34(35)6-2/h6,11,14,17-18,21-24,28,31H,2,5,7-10,12-13,15-16,19-20,25-27H2,1,3-4H3. The van der Waals surface area contributed by atoms with Crippen LogP contribution in [-0.2, 0) is 15.6 Å². The van der Waals surface area contributed by atoms with Crippen LogP contribution in [0.2, 0.25) is 13.1 Å². The molecule has 0 amide bonds. The Morgan fingerprint density at radius 1 is 1.00 bits per heavy atom. The van der Waals surface area contributed by atoms with Crippen LogP contribution < -0.4 is 4.74 Å². The normalized spacial score (nSPS) is 19.8. The highest BCUT2D eigenvalue weighted by Gasteiger charge is 2.27. The minimum Gasteiger partial charge on any atom is -0.494 e. The van der Waals surface area contributed by atoms with Crippen LogP contribution in [0.15, 0.2) is 72.0 Å². The molecule has 1 saturated carbocycles. The molecule has 4 heteroatoms. The highest BCUT2D eigenvalue weighted by Crippen LogP contribution is 2.37. The first-order chi connectivity index (χ1) is 18.4. The average Bonchev–Trinajstić information content (AvgIpc) is 3.19. The molecular weight excluding hydrogens is 484 g/mol. The fraction of sp³-hybridized carbons (Fsp3) is 0.559. The monoisotopic (exact) mass is 534 g/mol. The lowest BCUT2D eigenvalue weighted by Crippen LogP contribution is -2.31. The topological polar surface area (TPSA) is 35.5 Å². The maximum absolute atomic E-state index is 11.0. The molecule has 0 spiro atoms. The smallest absolute Gasteiger partial charge is 0.330 e. The van der Waals surface area contributed by atoms with E-state index in [2.05, 4.69) is 75.2 Å². The fourth-order valence-electron chi connectivity index (χ4n) is 5.92. The maximum Gasteiger partial charge on any atom is 0.330 e. The average molecular weight is 535 g/mol. The number of carbonyl (C=O) groups is 1. The molecule has 0 unspecified atom stereocenters. The van der Waals surface area contributed by atoms with Crippen molar-refractivity contribution in [2.24, 2.45) is 11.8 Å². The minimum absolute atomic E-state index is 0.341. The molecule has 3 nitrogen and oxygen atoms in total. The lowest BCUT2D eigenvalue weighted by Gasteiger charge is -2.29. The van der Waals surface area contributed by atoms with Crippen LogP contribution in [-0.4, -0.2) is 27.3 Å².